The summed E-state index contributed by atoms with van der Waals surface area (Å²) in [5.74, 6) is 1.62. The van der Waals surface area contributed by atoms with Gasteiger partial charge in [-0.3, -0.25) is 14.2 Å². The van der Waals surface area contributed by atoms with Crippen LogP contribution in [0.25, 0.3) is 27.3 Å². The number of aromatic nitrogens is 5. The summed E-state index contributed by atoms with van der Waals surface area (Å²) in [4.78, 5) is 7.85. The maximum Gasteiger partial charge on any atom is 0.162 e. The summed E-state index contributed by atoms with van der Waals surface area (Å²) in [5.41, 5.74) is 14.3. The summed E-state index contributed by atoms with van der Waals surface area (Å²) in [7, 11) is 0. The van der Waals surface area contributed by atoms with Gasteiger partial charge in [-0.25, -0.2) is 0 Å². The Kier molecular flexibility index (Phi) is 5.88. The van der Waals surface area contributed by atoms with Crippen molar-refractivity contribution in [1.82, 2.24) is 24.5 Å². The molecule has 0 radical (unpaired) electrons. The van der Waals surface area contributed by atoms with E-state index in [0.717, 1.165) is 51.7 Å². The van der Waals surface area contributed by atoms with Gasteiger partial charge in [0.2, 0.25) is 0 Å². The number of halogens is 1. The lowest BCUT2D eigenvalue weighted by molar-refractivity contribution is 0.584. The molecule has 4 aromatic rings. The van der Waals surface area contributed by atoms with E-state index in [0.29, 0.717) is 18.1 Å². The highest BCUT2D eigenvalue weighted by atomic mass is 35.5. The topological polar surface area (TPSA) is 110 Å². The smallest absolute Gasteiger partial charge is 0.162 e. The van der Waals surface area contributed by atoms with E-state index in [4.69, 9.17) is 22.1 Å². The second kappa shape index (κ2) is 9.13. The number of azide groups is 1. The van der Waals surface area contributed by atoms with Gasteiger partial charge in [0, 0.05) is 45.9 Å². The predicted molar refractivity (Wildman–Crippen MR) is 131 cm³/mol. The molecule has 3 heterocycles. The van der Waals surface area contributed by atoms with Gasteiger partial charge in [0.25, 0.3) is 0 Å². The first-order chi connectivity index (χ1) is 16.5. The van der Waals surface area contributed by atoms with E-state index in [-0.39, 0.29) is 6.04 Å². The molecule has 0 saturated carbocycles. The fourth-order valence-corrected chi connectivity index (χ4v) is 4.31. The Bertz CT molecular complexity index is 1430. The van der Waals surface area contributed by atoms with Crippen molar-refractivity contribution < 1.29 is 0 Å². The van der Waals surface area contributed by atoms with Crippen LogP contribution in [0.15, 0.2) is 65.0 Å². The van der Waals surface area contributed by atoms with E-state index in [2.05, 4.69) is 48.1 Å². The molecule has 0 bridgehead atoms. The van der Waals surface area contributed by atoms with Crippen molar-refractivity contribution in [2.24, 2.45) is 10.1 Å². The molecule has 5 rings (SSSR count). The number of aliphatic imine (C=N–C) groups is 1. The third-order valence-corrected chi connectivity index (χ3v) is 6.08. The van der Waals surface area contributed by atoms with E-state index < -0.39 is 0 Å². The summed E-state index contributed by atoms with van der Waals surface area (Å²) in [5, 5.41) is 17.5. The SMILES string of the molecule is Cc1nnc2n1-c1ccc(-c3cnn(CCCN=[N+]=[N-])c3)cc1C(c1ccc(Cl)cc1)=N[C@H]2C. The van der Waals surface area contributed by atoms with Crippen LogP contribution >= 0.6 is 11.6 Å². The maximum atomic E-state index is 8.44. The minimum atomic E-state index is -0.165. The van der Waals surface area contributed by atoms with Crippen molar-refractivity contribution in [3.8, 4) is 16.8 Å². The van der Waals surface area contributed by atoms with E-state index in [9.17, 15) is 0 Å². The first-order valence-electron chi connectivity index (χ1n) is 11.0. The maximum absolute atomic E-state index is 8.44. The average molecular weight is 472 g/mol. The lowest BCUT2D eigenvalue weighted by Gasteiger charge is -2.14. The van der Waals surface area contributed by atoms with Gasteiger partial charge in [0.15, 0.2) is 5.82 Å². The van der Waals surface area contributed by atoms with Crippen LogP contribution in [0, 0.1) is 6.92 Å². The number of fused-ring (bicyclic) bond motifs is 3. The Morgan fingerprint density at radius 3 is 2.68 bits per heavy atom. The number of benzene rings is 2. The molecule has 0 amide bonds. The highest BCUT2D eigenvalue weighted by molar-refractivity contribution is 6.30. The second-order valence-corrected chi connectivity index (χ2v) is 8.57. The van der Waals surface area contributed by atoms with Crippen LogP contribution in [0.1, 0.15) is 42.2 Å². The summed E-state index contributed by atoms with van der Waals surface area (Å²) < 4.78 is 3.95. The van der Waals surface area contributed by atoms with Crippen molar-refractivity contribution >= 4 is 17.3 Å². The number of aryl methyl sites for hydroxylation is 2. The molecule has 10 heteroatoms. The van der Waals surface area contributed by atoms with Gasteiger partial charge in [-0.1, -0.05) is 34.9 Å². The minimum Gasteiger partial charge on any atom is -0.281 e. The summed E-state index contributed by atoms with van der Waals surface area (Å²) in [6.07, 6.45) is 4.59. The molecule has 9 nitrogen and oxygen atoms in total. The van der Waals surface area contributed by atoms with Crippen molar-refractivity contribution in [2.75, 3.05) is 6.54 Å². The molecule has 1 atom stereocenters. The molecule has 2 aromatic heterocycles. The molecule has 2 aromatic carbocycles. The van der Waals surface area contributed by atoms with Gasteiger partial charge in [0.1, 0.15) is 11.9 Å². The van der Waals surface area contributed by atoms with Gasteiger partial charge in [-0.15, -0.1) is 10.2 Å². The lowest BCUT2D eigenvalue weighted by atomic mass is 9.96. The van der Waals surface area contributed by atoms with Crippen LogP contribution < -0.4 is 0 Å². The van der Waals surface area contributed by atoms with Gasteiger partial charge >= 0.3 is 0 Å². The first-order valence-corrected chi connectivity index (χ1v) is 11.4. The monoisotopic (exact) mass is 471 g/mol. The molecule has 0 aliphatic carbocycles. The van der Waals surface area contributed by atoms with E-state index >= 15 is 0 Å². The Morgan fingerprint density at radius 1 is 1.09 bits per heavy atom. The van der Waals surface area contributed by atoms with Crippen molar-refractivity contribution in [3.63, 3.8) is 0 Å². The lowest BCUT2D eigenvalue weighted by Crippen LogP contribution is -2.08. The Labute approximate surface area is 201 Å². The highest BCUT2D eigenvalue weighted by Gasteiger charge is 2.26. The fourth-order valence-electron chi connectivity index (χ4n) is 4.19. The van der Waals surface area contributed by atoms with Crippen LogP contribution in [0.5, 0.6) is 0 Å². The summed E-state index contributed by atoms with van der Waals surface area (Å²) in [6, 6.07) is 13.9. The fraction of sp³-hybridized carbons (Fsp3) is 0.250. The first kappa shape index (κ1) is 21.9. The number of hydrogen-bond donors (Lipinski definition) is 0. The minimum absolute atomic E-state index is 0.165. The standard InChI is InChI=1S/C24H22ClN9/c1-15-24-31-30-16(2)34(24)22-9-6-18(19-13-28-33(14-19)11-3-10-27-32-26)12-21(22)23(29-15)17-4-7-20(25)8-5-17/h4-9,12-15H,3,10-11H2,1-2H3/t15-/m0/s1. The molecule has 1 aliphatic rings. The quantitative estimate of drug-likeness (QED) is 0.155. The molecule has 0 fully saturated rings. The Balaban J connectivity index is 1.60. The Morgan fingerprint density at radius 2 is 1.88 bits per heavy atom. The van der Waals surface area contributed by atoms with Crippen LogP contribution in [-0.2, 0) is 6.54 Å². The zero-order valence-electron chi connectivity index (χ0n) is 18.8. The van der Waals surface area contributed by atoms with Gasteiger partial charge in [-0.05, 0) is 55.6 Å². The van der Waals surface area contributed by atoms with E-state index in [1.165, 1.54) is 0 Å². The molecule has 0 spiro atoms. The molecular formula is C24H22ClN9. The average Bonchev–Trinajstić information content (AvgIpc) is 3.44. The van der Waals surface area contributed by atoms with E-state index in [1.807, 2.05) is 55.2 Å². The van der Waals surface area contributed by atoms with Gasteiger partial charge in [0.05, 0.1) is 17.6 Å². The van der Waals surface area contributed by atoms with Crippen molar-refractivity contribution in [3.05, 3.63) is 93.1 Å². The number of rotatable bonds is 6. The molecule has 1 aliphatic heterocycles. The summed E-state index contributed by atoms with van der Waals surface area (Å²) >= 11 is 6.15. The van der Waals surface area contributed by atoms with Crippen molar-refractivity contribution in [2.45, 2.75) is 32.9 Å². The zero-order chi connectivity index (χ0) is 23.7. The number of hydrogen-bond acceptors (Lipinski definition) is 5. The third-order valence-electron chi connectivity index (χ3n) is 5.83. The molecule has 0 unspecified atom stereocenters. The van der Waals surface area contributed by atoms with Gasteiger partial charge in [-0.2, -0.15) is 5.10 Å². The predicted octanol–water partition coefficient (Wildman–Crippen LogP) is 5.71. The van der Waals surface area contributed by atoms with Crippen LogP contribution in [-0.4, -0.2) is 36.8 Å². The van der Waals surface area contributed by atoms with E-state index in [1.54, 1.807) is 0 Å². The molecule has 34 heavy (non-hydrogen) atoms. The van der Waals surface area contributed by atoms with Crippen LogP contribution in [0.3, 0.4) is 0 Å². The van der Waals surface area contributed by atoms with Crippen molar-refractivity contribution in [1.29, 1.82) is 0 Å². The second-order valence-electron chi connectivity index (χ2n) is 8.13. The molecule has 0 saturated heterocycles. The number of nitrogens with zero attached hydrogens (tertiary/aromatic N) is 9. The van der Waals surface area contributed by atoms with Crippen LogP contribution in [0.4, 0.5) is 0 Å². The highest BCUT2D eigenvalue weighted by Crippen LogP contribution is 2.33. The third kappa shape index (κ3) is 4.07. The molecule has 170 valence electrons. The normalized spacial score (nSPS) is 14.6. The molecular weight excluding hydrogens is 450 g/mol. The zero-order valence-corrected chi connectivity index (χ0v) is 19.6. The van der Waals surface area contributed by atoms with Crippen LogP contribution in [0.2, 0.25) is 5.02 Å². The Hall–Kier alpha value is -3.94. The largest absolute Gasteiger partial charge is 0.281 e. The molecule has 0 N–H and O–H groups in total. The summed E-state index contributed by atoms with van der Waals surface area (Å²) in [6.45, 7) is 5.12. The van der Waals surface area contributed by atoms with Gasteiger partial charge < -0.3 is 0 Å².